The molecule has 0 amide bonds. The average Bonchev–Trinajstić information content (AvgIpc) is 2.67. The number of hydrogen-bond acceptors (Lipinski definition) is 4. The highest BCUT2D eigenvalue weighted by Crippen LogP contribution is 2.54. The molecule has 0 radical (unpaired) electrons. The van der Waals surface area contributed by atoms with E-state index in [1.807, 2.05) is 0 Å². The van der Waals surface area contributed by atoms with Crippen molar-refractivity contribution in [1.82, 2.24) is 0 Å². The van der Waals surface area contributed by atoms with Gasteiger partial charge in [-0.15, -0.1) is 0 Å². The lowest BCUT2D eigenvalue weighted by Crippen LogP contribution is -2.55. The molecule has 1 atom stereocenters. The number of hydrogen-bond donors (Lipinski definition) is 2. The number of rotatable bonds is 7. The number of carbonyl (C=O) groups excluding carboxylic acids is 1. The first-order valence-corrected chi connectivity index (χ1v) is 10.7. The van der Waals surface area contributed by atoms with Crippen LogP contribution in [0, 0.1) is 17.3 Å². The second-order valence-corrected chi connectivity index (χ2v) is 9.72. The molecule has 0 heterocycles. The third kappa shape index (κ3) is 5.84. The monoisotopic (exact) mass is 580 g/mol. The molecule has 0 saturated carbocycles. The van der Waals surface area contributed by atoms with Gasteiger partial charge >= 0.3 is 30.7 Å². The summed E-state index contributed by atoms with van der Waals surface area (Å²) < 4.78 is 166. The van der Waals surface area contributed by atoms with Crippen LogP contribution in [0.3, 0.4) is 0 Å². The first kappa shape index (κ1) is 33.8. The lowest BCUT2D eigenvalue weighted by atomic mass is 9.73. The van der Waals surface area contributed by atoms with Gasteiger partial charge in [0.2, 0.25) is 0 Å². The van der Waals surface area contributed by atoms with Crippen LogP contribution in [0.4, 0.5) is 52.7 Å². The molecule has 2 N–H and O–H groups in total. The molecule has 0 aliphatic carbocycles. The highest BCUT2D eigenvalue weighted by molar-refractivity contribution is 5.79. The molecule has 1 unspecified atom stereocenters. The van der Waals surface area contributed by atoms with Gasteiger partial charge in [0.1, 0.15) is 5.75 Å². The third-order valence-corrected chi connectivity index (χ3v) is 6.17. The number of halogens is 12. The van der Waals surface area contributed by atoms with Crippen molar-refractivity contribution in [2.45, 2.75) is 76.9 Å². The second-order valence-electron chi connectivity index (χ2n) is 9.72. The van der Waals surface area contributed by atoms with Gasteiger partial charge in [0.05, 0.1) is 5.41 Å². The predicted molar refractivity (Wildman–Crippen MR) is 106 cm³/mol. The zero-order chi connectivity index (χ0) is 30.5. The summed E-state index contributed by atoms with van der Waals surface area (Å²) in [6.07, 6.45) is -26.9. The van der Waals surface area contributed by atoms with E-state index in [4.69, 9.17) is 4.74 Å². The molecule has 0 fully saturated rings. The van der Waals surface area contributed by atoms with Crippen LogP contribution in [0.1, 0.15) is 52.2 Å². The molecular weight excluding hydrogens is 556 g/mol. The van der Waals surface area contributed by atoms with Gasteiger partial charge in [0.15, 0.2) is 0 Å². The number of aliphatic hydroxyl groups is 2. The maximum absolute atomic E-state index is 13.4. The average molecular weight is 580 g/mol. The lowest BCUT2D eigenvalue weighted by molar-refractivity contribution is -0.378. The van der Waals surface area contributed by atoms with Gasteiger partial charge < -0.3 is 14.9 Å². The van der Waals surface area contributed by atoms with Crippen LogP contribution < -0.4 is 4.74 Å². The summed E-state index contributed by atoms with van der Waals surface area (Å²) >= 11 is 0. The maximum atomic E-state index is 13.4. The summed E-state index contributed by atoms with van der Waals surface area (Å²) in [6, 6.07) is -1.69. The number of ether oxygens (including phenoxy) is 1. The van der Waals surface area contributed by atoms with Gasteiger partial charge in [-0.1, -0.05) is 27.7 Å². The molecule has 4 nitrogen and oxygen atoms in total. The fourth-order valence-corrected chi connectivity index (χ4v) is 3.68. The molecule has 0 bridgehead atoms. The molecule has 220 valence electrons. The van der Waals surface area contributed by atoms with Crippen LogP contribution in [-0.2, 0) is 16.0 Å². The molecule has 1 aromatic carbocycles. The normalized spacial score (nSPS) is 16.1. The van der Waals surface area contributed by atoms with Crippen molar-refractivity contribution in [3.05, 3.63) is 29.3 Å². The van der Waals surface area contributed by atoms with Crippen LogP contribution >= 0.6 is 0 Å². The molecule has 1 rings (SSSR count). The van der Waals surface area contributed by atoms with Crippen LogP contribution in [-0.4, -0.2) is 40.9 Å². The minimum atomic E-state index is -6.73. The Labute approximate surface area is 208 Å². The molecule has 16 heteroatoms. The fourth-order valence-electron chi connectivity index (χ4n) is 3.68. The number of carbonyl (C=O) groups is 1. The standard InChI is InChI=1S/C22H24F12O4/c1-10(2)9-16(5,11(3)4)15(35)38-14-7-12(17(36,19(23,24)25)20(26,27)28)6-13(8-14)18(37,21(29,30)31)22(32,33)34/h6-8,10-11,36-37H,9H2,1-5H3. The molecule has 0 aliphatic heterocycles. The molecule has 0 saturated heterocycles. The minimum Gasteiger partial charge on any atom is -0.426 e. The topological polar surface area (TPSA) is 66.8 Å². The Morgan fingerprint density at radius 1 is 0.711 bits per heavy atom. The fraction of sp³-hybridized carbons (Fsp3) is 0.682. The summed E-state index contributed by atoms with van der Waals surface area (Å²) in [4.78, 5) is 12.9. The highest BCUT2D eigenvalue weighted by atomic mass is 19.4. The van der Waals surface area contributed by atoms with Crippen molar-refractivity contribution >= 4 is 5.97 Å². The van der Waals surface area contributed by atoms with Gasteiger partial charge in [-0.3, -0.25) is 4.79 Å². The van der Waals surface area contributed by atoms with Crippen LogP contribution in [0.2, 0.25) is 0 Å². The molecule has 0 aliphatic rings. The van der Waals surface area contributed by atoms with Crippen molar-refractivity contribution in [2.75, 3.05) is 0 Å². The molecule has 0 spiro atoms. The van der Waals surface area contributed by atoms with Crippen LogP contribution in [0.15, 0.2) is 18.2 Å². The van der Waals surface area contributed by atoms with Crippen LogP contribution in [0.5, 0.6) is 5.75 Å². The zero-order valence-corrected chi connectivity index (χ0v) is 20.3. The quantitative estimate of drug-likeness (QED) is 0.209. The van der Waals surface area contributed by atoms with Gasteiger partial charge in [-0.05, 0) is 43.4 Å². The molecule has 0 aromatic heterocycles. The smallest absolute Gasteiger partial charge is 0.426 e. The van der Waals surface area contributed by atoms with Gasteiger partial charge in [0.25, 0.3) is 11.2 Å². The van der Waals surface area contributed by atoms with E-state index < -0.39 is 76.2 Å². The molecular formula is C22H24F12O4. The largest absolute Gasteiger partial charge is 0.430 e. The first-order chi connectivity index (χ1) is 16.6. The molecule has 38 heavy (non-hydrogen) atoms. The lowest BCUT2D eigenvalue weighted by Gasteiger charge is -2.36. The van der Waals surface area contributed by atoms with E-state index in [1.54, 1.807) is 13.8 Å². The maximum Gasteiger partial charge on any atom is 0.430 e. The zero-order valence-electron chi connectivity index (χ0n) is 20.3. The van der Waals surface area contributed by atoms with Crippen molar-refractivity contribution in [3.8, 4) is 5.75 Å². The Hall–Kier alpha value is -2.23. The molecule has 1 aromatic rings. The SMILES string of the molecule is CC(C)CC(C)(C(=O)Oc1cc(C(O)(C(F)(F)F)C(F)(F)F)cc(C(O)(C(F)(F)F)C(F)(F)F)c1)C(C)C. The van der Waals surface area contributed by atoms with E-state index in [2.05, 4.69) is 0 Å². The Morgan fingerprint density at radius 2 is 1.03 bits per heavy atom. The summed E-state index contributed by atoms with van der Waals surface area (Å²) in [5, 5.41) is 19.3. The third-order valence-electron chi connectivity index (χ3n) is 6.17. The first-order valence-electron chi connectivity index (χ1n) is 10.7. The van der Waals surface area contributed by atoms with E-state index >= 15 is 0 Å². The van der Waals surface area contributed by atoms with Gasteiger partial charge in [-0.2, -0.15) is 52.7 Å². The van der Waals surface area contributed by atoms with E-state index in [-0.39, 0.29) is 24.5 Å². The predicted octanol–water partition coefficient (Wildman–Crippen LogP) is 6.92. The summed E-state index contributed by atoms with van der Waals surface area (Å²) in [6.45, 7) is 7.42. The Morgan fingerprint density at radius 3 is 1.26 bits per heavy atom. The minimum absolute atomic E-state index is 0.0138. The number of benzene rings is 1. The van der Waals surface area contributed by atoms with E-state index in [9.17, 15) is 67.7 Å². The van der Waals surface area contributed by atoms with Gasteiger partial charge in [0, 0.05) is 11.1 Å². The number of esters is 1. The van der Waals surface area contributed by atoms with Crippen molar-refractivity contribution in [1.29, 1.82) is 0 Å². The Balaban J connectivity index is 4.12. The highest BCUT2D eigenvalue weighted by Gasteiger charge is 2.74. The van der Waals surface area contributed by atoms with Crippen molar-refractivity contribution < 1.29 is 72.4 Å². The summed E-state index contributed by atoms with van der Waals surface area (Å²) in [5.41, 5.74) is -18.8. The summed E-state index contributed by atoms with van der Waals surface area (Å²) in [5.74, 6) is -3.95. The summed E-state index contributed by atoms with van der Waals surface area (Å²) in [7, 11) is 0. The van der Waals surface area contributed by atoms with Crippen molar-refractivity contribution in [2.24, 2.45) is 17.3 Å². The van der Waals surface area contributed by atoms with E-state index in [0.29, 0.717) is 0 Å². The Bertz CT molecular complexity index is 921. The van der Waals surface area contributed by atoms with E-state index in [1.165, 1.54) is 20.8 Å². The van der Waals surface area contributed by atoms with Crippen LogP contribution in [0.25, 0.3) is 0 Å². The van der Waals surface area contributed by atoms with Gasteiger partial charge in [-0.25, -0.2) is 0 Å². The van der Waals surface area contributed by atoms with E-state index in [0.717, 1.165) is 0 Å². The van der Waals surface area contributed by atoms with Crippen molar-refractivity contribution in [3.63, 3.8) is 0 Å². The second kappa shape index (κ2) is 10.1. The Kier molecular flexibility index (Phi) is 8.95. The number of alkyl halides is 12.